The number of carbonyl (C=O) groups is 2. The molecule has 1 aliphatic heterocycles. The quantitative estimate of drug-likeness (QED) is 0.830. The van der Waals surface area contributed by atoms with Crippen LogP contribution in [0.2, 0.25) is 0 Å². The van der Waals surface area contributed by atoms with Gasteiger partial charge in [-0.25, -0.2) is 4.79 Å². The molecule has 3 rings (SSSR count). The van der Waals surface area contributed by atoms with Crippen LogP contribution < -0.4 is 5.32 Å². The summed E-state index contributed by atoms with van der Waals surface area (Å²) in [6, 6.07) is 7.57. The van der Waals surface area contributed by atoms with Crippen molar-refractivity contribution >= 4 is 22.8 Å². The predicted octanol–water partition coefficient (Wildman–Crippen LogP) is 1.65. The topological polar surface area (TPSA) is 89.8 Å². The average molecular weight is 346 g/mol. The third-order valence-corrected chi connectivity index (χ3v) is 4.68. The maximum absolute atomic E-state index is 12.9. The van der Waals surface area contributed by atoms with Gasteiger partial charge in [-0.1, -0.05) is 18.2 Å². The van der Waals surface area contributed by atoms with Crippen molar-refractivity contribution in [2.24, 2.45) is 0 Å². The summed E-state index contributed by atoms with van der Waals surface area (Å²) in [4.78, 5) is 24.6. The Labute approximate surface area is 145 Å². The number of carbonyl (C=O) groups excluding carboxylic acids is 1. The molecule has 7 heteroatoms. The molecule has 1 amide bonds. The highest BCUT2D eigenvalue weighted by molar-refractivity contribution is 6.08. The second-order valence-corrected chi connectivity index (χ2v) is 6.20. The van der Waals surface area contributed by atoms with Gasteiger partial charge in [0.1, 0.15) is 5.54 Å². The number of benzene rings is 1. The van der Waals surface area contributed by atoms with Gasteiger partial charge >= 0.3 is 5.97 Å². The van der Waals surface area contributed by atoms with Gasteiger partial charge in [-0.2, -0.15) is 0 Å². The number of para-hydroxylation sites is 1. The van der Waals surface area contributed by atoms with Crippen molar-refractivity contribution in [2.75, 3.05) is 26.9 Å². The molecule has 0 spiro atoms. The van der Waals surface area contributed by atoms with Crippen LogP contribution in [0.3, 0.4) is 0 Å². The van der Waals surface area contributed by atoms with Gasteiger partial charge in [0.05, 0.1) is 12.2 Å². The van der Waals surface area contributed by atoms with Crippen molar-refractivity contribution in [1.29, 1.82) is 0 Å². The van der Waals surface area contributed by atoms with Crippen LogP contribution in [-0.2, 0) is 20.8 Å². The molecule has 0 radical (unpaired) electrons. The molecule has 1 aromatic heterocycles. The number of aromatic nitrogens is 1. The number of carboxylic acids is 1. The van der Waals surface area contributed by atoms with E-state index < -0.39 is 11.5 Å². The lowest BCUT2D eigenvalue weighted by atomic mass is 9.89. The van der Waals surface area contributed by atoms with Crippen molar-refractivity contribution in [2.45, 2.75) is 24.9 Å². The lowest BCUT2D eigenvalue weighted by molar-refractivity contribution is -0.148. The molecule has 134 valence electrons. The van der Waals surface area contributed by atoms with Gasteiger partial charge in [0.25, 0.3) is 5.91 Å². The van der Waals surface area contributed by atoms with Gasteiger partial charge in [-0.15, -0.1) is 0 Å². The number of nitrogens with one attached hydrogen (secondary N) is 1. The molecular weight excluding hydrogens is 324 g/mol. The van der Waals surface area contributed by atoms with Crippen LogP contribution in [0.5, 0.6) is 0 Å². The van der Waals surface area contributed by atoms with Crippen molar-refractivity contribution in [3.63, 3.8) is 0 Å². The Balaban J connectivity index is 1.92. The number of methoxy groups -OCH3 is 1. The zero-order valence-electron chi connectivity index (χ0n) is 14.2. The van der Waals surface area contributed by atoms with Gasteiger partial charge in [-0.05, 0) is 6.07 Å². The van der Waals surface area contributed by atoms with Gasteiger partial charge in [0.15, 0.2) is 0 Å². The lowest BCUT2D eigenvalue weighted by Crippen LogP contribution is -2.57. The number of amides is 1. The van der Waals surface area contributed by atoms with E-state index in [1.165, 1.54) is 0 Å². The summed E-state index contributed by atoms with van der Waals surface area (Å²) in [6.45, 7) is 1.78. The molecule has 2 heterocycles. The first-order valence-electron chi connectivity index (χ1n) is 8.28. The number of hydrogen-bond donors (Lipinski definition) is 2. The summed E-state index contributed by atoms with van der Waals surface area (Å²) in [5, 5.41) is 13.2. The highest BCUT2D eigenvalue weighted by Gasteiger charge is 2.42. The molecule has 1 aliphatic rings. The Morgan fingerprint density at radius 3 is 2.72 bits per heavy atom. The van der Waals surface area contributed by atoms with E-state index in [1.54, 1.807) is 13.3 Å². The van der Waals surface area contributed by atoms with Crippen molar-refractivity contribution < 1.29 is 24.2 Å². The summed E-state index contributed by atoms with van der Waals surface area (Å²) in [6.07, 6.45) is 2.28. The monoisotopic (exact) mass is 346 g/mol. The number of aliphatic carboxylic acids is 1. The Kier molecular flexibility index (Phi) is 5.06. The zero-order valence-corrected chi connectivity index (χ0v) is 14.2. The smallest absolute Gasteiger partial charge is 0.329 e. The fourth-order valence-corrected chi connectivity index (χ4v) is 3.20. The van der Waals surface area contributed by atoms with Gasteiger partial charge < -0.3 is 24.5 Å². The van der Waals surface area contributed by atoms with E-state index in [-0.39, 0.29) is 18.7 Å². The number of rotatable bonds is 6. The molecule has 1 aromatic carbocycles. The fourth-order valence-electron chi connectivity index (χ4n) is 3.20. The summed E-state index contributed by atoms with van der Waals surface area (Å²) in [5.74, 6) is -1.40. The number of ether oxygens (including phenoxy) is 2. The lowest BCUT2D eigenvalue weighted by Gasteiger charge is -2.33. The van der Waals surface area contributed by atoms with E-state index >= 15 is 0 Å². The minimum Gasteiger partial charge on any atom is -0.480 e. The summed E-state index contributed by atoms with van der Waals surface area (Å²) in [5.41, 5.74) is 0.116. The normalized spacial score (nSPS) is 16.7. The Bertz CT molecular complexity index is 777. The van der Waals surface area contributed by atoms with Crippen LogP contribution in [0.15, 0.2) is 30.5 Å². The molecule has 1 fully saturated rings. The standard InChI is InChI=1S/C18H22N2O5/c1-24-11-8-20-12-14(13-4-2-3-5-15(13)20)16(21)19-18(17(22)23)6-9-25-10-7-18/h2-5,12H,6-11H2,1H3,(H,19,21)(H,22,23). The minimum atomic E-state index is -1.27. The minimum absolute atomic E-state index is 0.260. The molecule has 2 N–H and O–H groups in total. The van der Waals surface area contributed by atoms with Crippen LogP contribution in [0.25, 0.3) is 10.9 Å². The summed E-state index contributed by atoms with van der Waals surface area (Å²) < 4.78 is 12.3. The molecule has 0 unspecified atom stereocenters. The number of nitrogens with zero attached hydrogens (tertiary/aromatic N) is 1. The molecule has 0 bridgehead atoms. The van der Waals surface area contributed by atoms with Gasteiger partial charge in [0, 0.05) is 56.8 Å². The first kappa shape index (κ1) is 17.4. The first-order valence-corrected chi connectivity index (χ1v) is 8.28. The largest absolute Gasteiger partial charge is 0.480 e. The Morgan fingerprint density at radius 1 is 1.32 bits per heavy atom. The van der Waals surface area contributed by atoms with Crippen LogP contribution in [0, 0.1) is 0 Å². The number of hydrogen-bond acceptors (Lipinski definition) is 4. The summed E-state index contributed by atoms with van der Waals surface area (Å²) >= 11 is 0. The molecule has 1 saturated heterocycles. The van der Waals surface area contributed by atoms with Crippen molar-refractivity contribution in [1.82, 2.24) is 9.88 Å². The molecule has 0 aliphatic carbocycles. The van der Waals surface area contributed by atoms with E-state index in [9.17, 15) is 14.7 Å². The number of fused-ring (bicyclic) bond motifs is 1. The van der Waals surface area contributed by atoms with Crippen molar-refractivity contribution in [3.8, 4) is 0 Å². The maximum atomic E-state index is 12.9. The van der Waals surface area contributed by atoms with Crippen molar-refractivity contribution in [3.05, 3.63) is 36.0 Å². The fraction of sp³-hybridized carbons (Fsp3) is 0.444. The molecule has 2 aromatic rings. The van der Waals surface area contributed by atoms with Crippen LogP contribution in [-0.4, -0.2) is 54.0 Å². The molecule has 0 atom stereocenters. The predicted molar refractivity (Wildman–Crippen MR) is 91.7 cm³/mol. The van der Waals surface area contributed by atoms with Gasteiger partial charge in [0.2, 0.25) is 0 Å². The molecule has 25 heavy (non-hydrogen) atoms. The summed E-state index contributed by atoms with van der Waals surface area (Å²) in [7, 11) is 1.63. The maximum Gasteiger partial charge on any atom is 0.329 e. The zero-order chi connectivity index (χ0) is 17.9. The van der Waals surface area contributed by atoms with E-state index in [0.717, 1.165) is 10.9 Å². The average Bonchev–Trinajstić information content (AvgIpc) is 2.99. The van der Waals surface area contributed by atoms with Crippen LogP contribution >= 0.6 is 0 Å². The SMILES string of the molecule is COCCn1cc(C(=O)NC2(C(=O)O)CCOCC2)c2ccccc21. The second kappa shape index (κ2) is 7.25. The van der Waals surface area contributed by atoms with E-state index in [0.29, 0.717) is 31.9 Å². The Hall–Kier alpha value is -2.38. The molecule has 0 saturated carbocycles. The molecular formula is C18H22N2O5. The number of carboxylic acid groups (broad SMARTS) is 1. The van der Waals surface area contributed by atoms with Crippen LogP contribution in [0.4, 0.5) is 0 Å². The van der Waals surface area contributed by atoms with E-state index in [4.69, 9.17) is 9.47 Å². The van der Waals surface area contributed by atoms with Crippen LogP contribution in [0.1, 0.15) is 23.2 Å². The first-order chi connectivity index (χ1) is 12.1. The van der Waals surface area contributed by atoms with E-state index in [2.05, 4.69) is 5.32 Å². The molecule has 7 nitrogen and oxygen atoms in total. The van der Waals surface area contributed by atoms with Gasteiger partial charge in [-0.3, -0.25) is 4.79 Å². The Morgan fingerprint density at radius 2 is 2.04 bits per heavy atom. The highest BCUT2D eigenvalue weighted by Crippen LogP contribution is 2.25. The highest BCUT2D eigenvalue weighted by atomic mass is 16.5. The van der Waals surface area contributed by atoms with E-state index in [1.807, 2.05) is 28.8 Å². The third kappa shape index (κ3) is 3.38. The second-order valence-electron chi connectivity index (χ2n) is 6.20. The third-order valence-electron chi connectivity index (χ3n) is 4.68.